The molecule has 2 aromatic rings. The maximum Gasteiger partial charge on any atom is 0.408 e. The van der Waals surface area contributed by atoms with Crippen molar-refractivity contribution in [3.63, 3.8) is 0 Å². The Bertz CT molecular complexity index is 1270. The van der Waals surface area contributed by atoms with Gasteiger partial charge < -0.3 is 25.4 Å². The molecule has 0 aliphatic carbocycles. The minimum absolute atomic E-state index is 0.0880. The number of terminal acetylenes is 1. The highest BCUT2D eigenvalue weighted by molar-refractivity contribution is 5.92. The molecule has 0 aromatic heterocycles. The molecular formula is C35H49N3O5. The smallest absolute Gasteiger partial charge is 0.408 e. The summed E-state index contributed by atoms with van der Waals surface area (Å²) in [6.07, 6.45) is 6.44. The third kappa shape index (κ3) is 11.7. The summed E-state index contributed by atoms with van der Waals surface area (Å²) in [6, 6.07) is 11.1. The summed E-state index contributed by atoms with van der Waals surface area (Å²) in [6.45, 7) is 17.0. The van der Waals surface area contributed by atoms with E-state index in [0.717, 1.165) is 12.0 Å². The van der Waals surface area contributed by atoms with Gasteiger partial charge in [0.15, 0.2) is 0 Å². The first-order chi connectivity index (χ1) is 19.9. The average molecular weight is 592 g/mol. The predicted molar refractivity (Wildman–Crippen MR) is 170 cm³/mol. The topological polar surface area (TPSA) is 108 Å². The zero-order chi connectivity index (χ0) is 32.5. The van der Waals surface area contributed by atoms with Crippen LogP contribution in [-0.4, -0.2) is 51.1 Å². The largest absolute Gasteiger partial charge is 0.508 e. The summed E-state index contributed by atoms with van der Waals surface area (Å²) >= 11 is 0. The fourth-order valence-electron chi connectivity index (χ4n) is 4.65. The van der Waals surface area contributed by atoms with Crippen LogP contribution in [-0.2, 0) is 20.7 Å². The Morgan fingerprint density at radius 3 is 2.00 bits per heavy atom. The second-order valence-electron chi connectivity index (χ2n) is 13.5. The molecule has 8 heteroatoms. The van der Waals surface area contributed by atoms with Crippen LogP contribution in [0.15, 0.2) is 48.5 Å². The zero-order valence-electron chi connectivity index (χ0n) is 27.2. The van der Waals surface area contributed by atoms with Gasteiger partial charge in [-0.3, -0.25) is 9.59 Å². The van der Waals surface area contributed by atoms with E-state index in [1.54, 1.807) is 62.1 Å². The summed E-state index contributed by atoms with van der Waals surface area (Å²) in [5.41, 5.74) is 0.627. The number of alkyl carbamates (subject to hydrolysis) is 1. The first kappa shape index (κ1) is 35.2. The SMILES string of the molecule is C#Cc1ccc(C(C(=O)NC(C)(C)C)N(C(=O)C(Cc2ccc(O)cc2)NC(=O)OC(C)(C)C)C(C)CCC(C)C)cc1. The average Bonchev–Trinajstić information content (AvgIpc) is 2.88. The van der Waals surface area contributed by atoms with E-state index >= 15 is 0 Å². The lowest BCUT2D eigenvalue weighted by molar-refractivity contribution is -0.145. The van der Waals surface area contributed by atoms with Gasteiger partial charge in [0.25, 0.3) is 0 Å². The molecule has 2 rings (SSSR count). The van der Waals surface area contributed by atoms with Crippen molar-refractivity contribution in [3.8, 4) is 18.1 Å². The van der Waals surface area contributed by atoms with Crippen LogP contribution in [0, 0.1) is 18.3 Å². The molecule has 0 aliphatic heterocycles. The molecule has 3 unspecified atom stereocenters. The lowest BCUT2D eigenvalue weighted by atomic mass is 9.95. The van der Waals surface area contributed by atoms with Gasteiger partial charge in [-0.25, -0.2) is 4.79 Å². The van der Waals surface area contributed by atoms with E-state index < -0.39 is 35.2 Å². The Labute approximate surface area is 257 Å². The summed E-state index contributed by atoms with van der Waals surface area (Å²) in [5.74, 6) is 2.30. The first-order valence-corrected chi connectivity index (χ1v) is 14.9. The summed E-state index contributed by atoms with van der Waals surface area (Å²) in [5, 5.41) is 15.6. The van der Waals surface area contributed by atoms with Crippen LogP contribution in [0.2, 0.25) is 0 Å². The summed E-state index contributed by atoms with van der Waals surface area (Å²) in [7, 11) is 0. The van der Waals surface area contributed by atoms with Gasteiger partial charge in [-0.15, -0.1) is 6.42 Å². The number of hydrogen-bond donors (Lipinski definition) is 3. The molecule has 0 saturated carbocycles. The number of ether oxygens (including phenoxy) is 1. The van der Waals surface area contributed by atoms with Crippen LogP contribution in [0.25, 0.3) is 0 Å². The number of carbonyl (C=O) groups excluding carboxylic acids is 3. The van der Waals surface area contributed by atoms with Crippen molar-refractivity contribution < 1.29 is 24.2 Å². The van der Waals surface area contributed by atoms with Crippen LogP contribution in [0.4, 0.5) is 4.79 Å². The van der Waals surface area contributed by atoms with Gasteiger partial charge in [0, 0.05) is 23.6 Å². The Morgan fingerprint density at radius 1 is 0.930 bits per heavy atom. The van der Waals surface area contributed by atoms with Crippen molar-refractivity contribution in [2.75, 3.05) is 0 Å². The standard InChI is InChI=1S/C35H49N3O5/c1-11-25-14-18-27(19-15-25)30(31(40)37-34(5,6)7)38(24(4)13-12-23(2)3)32(41)29(36-33(42)43-35(8,9)10)22-26-16-20-28(39)21-17-26/h1,14-21,23-24,29-30,39H,12-13,22H2,2-10H3,(H,36,42)(H,37,40). The van der Waals surface area contributed by atoms with Gasteiger partial charge in [-0.05, 0) is 103 Å². The molecule has 8 nitrogen and oxygen atoms in total. The van der Waals surface area contributed by atoms with Gasteiger partial charge in [0.1, 0.15) is 23.4 Å². The predicted octanol–water partition coefficient (Wildman–Crippen LogP) is 6.12. The molecule has 0 fully saturated rings. The molecule has 0 heterocycles. The van der Waals surface area contributed by atoms with E-state index in [-0.39, 0.29) is 24.1 Å². The van der Waals surface area contributed by atoms with E-state index in [0.29, 0.717) is 23.5 Å². The lowest BCUT2D eigenvalue weighted by Crippen LogP contribution is -2.57. The van der Waals surface area contributed by atoms with Crippen molar-refractivity contribution in [2.45, 2.75) is 111 Å². The second kappa shape index (κ2) is 15.0. The van der Waals surface area contributed by atoms with Gasteiger partial charge in [-0.2, -0.15) is 0 Å². The highest BCUT2D eigenvalue weighted by Crippen LogP contribution is 2.29. The van der Waals surface area contributed by atoms with Gasteiger partial charge >= 0.3 is 6.09 Å². The maximum atomic E-state index is 14.7. The molecule has 3 amide bonds. The van der Waals surface area contributed by atoms with E-state index in [2.05, 4.69) is 30.4 Å². The summed E-state index contributed by atoms with van der Waals surface area (Å²) in [4.78, 5) is 43.4. The maximum absolute atomic E-state index is 14.7. The number of amides is 3. The Morgan fingerprint density at radius 2 is 1.51 bits per heavy atom. The number of phenols is 1. The van der Waals surface area contributed by atoms with Crippen LogP contribution in [0.5, 0.6) is 5.75 Å². The molecular weight excluding hydrogens is 542 g/mol. The second-order valence-corrected chi connectivity index (χ2v) is 13.5. The molecule has 0 bridgehead atoms. The van der Waals surface area contributed by atoms with E-state index in [9.17, 15) is 19.5 Å². The lowest BCUT2D eigenvalue weighted by Gasteiger charge is -2.40. The van der Waals surface area contributed by atoms with Gasteiger partial charge in [0.2, 0.25) is 11.8 Å². The number of phenolic OH excluding ortho intramolecular Hbond substituents is 1. The van der Waals surface area contributed by atoms with Crippen molar-refractivity contribution in [1.82, 2.24) is 15.5 Å². The highest BCUT2D eigenvalue weighted by Gasteiger charge is 2.39. The molecule has 0 aliphatic rings. The number of nitrogens with one attached hydrogen (secondary N) is 2. The molecule has 234 valence electrons. The van der Waals surface area contributed by atoms with E-state index in [1.165, 1.54) is 12.1 Å². The number of carbonyl (C=O) groups is 3. The van der Waals surface area contributed by atoms with Crippen molar-refractivity contribution in [2.24, 2.45) is 5.92 Å². The number of aromatic hydroxyl groups is 1. The third-order valence-electron chi connectivity index (χ3n) is 6.67. The Balaban J connectivity index is 2.69. The van der Waals surface area contributed by atoms with Crippen LogP contribution in [0.3, 0.4) is 0 Å². The third-order valence-corrected chi connectivity index (χ3v) is 6.67. The highest BCUT2D eigenvalue weighted by atomic mass is 16.6. The molecule has 3 N–H and O–H groups in total. The van der Waals surface area contributed by atoms with E-state index in [1.807, 2.05) is 27.7 Å². The fourth-order valence-corrected chi connectivity index (χ4v) is 4.65. The van der Waals surface area contributed by atoms with Crippen LogP contribution >= 0.6 is 0 Å². The van der Waals surface area contributed by atoms with Crippen molar-refractivity contribution in [3.05, 3.63) is 65.2 Å². The Kier molecular flexibility index (Phi) is 12.2. The molecule has 0 saturated heterocycles. The van der Waals surface area contributed by atoms with Crippen LogP contribution in [0.1, 0.15) is 97.9 Å². The van der Waals surface area contributed by atoms with Crippen molar-refractivity contribution >= 4 is 17.9 Å². The first-order valence-electron chi connectivity index (χ1n) is 14.9. The van der Waals surface area contributed by atoms with E-state index in [4.69, 9.17) is 11.2 Å². The van der Waals surface area contributed by atoms with Gasteiger partial charge in [0.05, 0.1) is 0 Å². The van der Waals surface area contributed by atoms with Gasteiger partial charge in [-0.1, -0.05) is 44.0 Å². The van der Waals surface area contributed by atoms with Crippen LogP contribution < -0.4 is 10.6 Å². The quantitative estimate of drug-likeness (QED) is 0.273. The molecule has 43 heavy (non-hydrogen) atoms. The zero-order valence-corrected chi connectivity index (χ0v) is 27.2. The molecule has 0 radical (unpaired) electrons. The molecule has 3 atom stereocenters. The van der Waals surface area contributed by atoms with Crippen molar-refractivity contribution in [1.29, 1.82) is 0 Å². The minimum atomic E-state index is -1.06. The molecule has 2 aromatic carbocycles. The molecule has 0 spiro atoms. The summed E-state index contributed by atoms with van der Waals surface area (Å²) < 4.78 is 5.52. The number of benzene rings is 2. The Hall–Kier alpha value is -3.99. The number of hydrogen-bond acceptors (Lipinski definition) is 5. The fraction of sp³-hybridized carbons (Fsp3) is 0.514. The normalized spacial score (nSPS) is 13.8. The number of nitrogens with zero attached hydrogens (tertiary/aromatic N) is 1. The number of rotatable bonds is 11. The minimum Gasteiger partial charge on any atom is -0.508 e. The monoisotopic (exact) mass is 591 g/mol.